The number of thiophene rings is 2. The van der Waals surface area contributed by atoms with Crippen LogP contribution in [0.1, 0.15) is 36.0 Å². The van der Waals surface area contributed by atoms with Crippen molar-refractivity contribution in [3.8, 4) is 0 Å². The van der Waals surface area contributed by atoms with Crippen LogP contribution in [-0.2, 0) is 11.3 Å². The number of aliphatic hydroxyl groups is 1. The molecule has 0 saturated carbocycles. The van der Waals surface area contributed by atoms with Crippen LogP contribution in [0.3, 0.4) is 0 Å². The average molecular weight is 270 g/mol. The van der Waals surface area contributed by atoms with Gasteiger partial charge >= 0.3 is 5.97 Å². The Balaban J connectivity index is 2.30. The van der Waals surface area contributed by atoms with Crippen LogP contribution in [0.25, 0.3) is 9.40 Å². The summed E-state index contributed by atoms with van der Waals surface area (Å²) in [6.45, 7) is 5.55. The van der Waals surface area contributed by atoms with Crippen LogP contribution in [0.2, 0.25) is 0 Å². The minimum atomic E-state index is -0.478. The quantitative estimate of drug-likeness (QED) is 0.851. The Morgan fingerprint density at radius 2 is 2.18 bits per heavy atom. The largest absolute Gasteiger partial charge is 0.456 e. The van der Waals surface area contributed by atoms with Crippen molar-refractivity contribution in [1.29, 1.82) is 0 Å². The van der Waals surface area contributed by atoms with Gasteiger partial charge in [0.15, 0.2) is 0 Å². The number of fused-ring (bicyclic) bond motifs is 1. The van der Waals surface area contributed by atoms with Crippen LogP contribution in [0.5, 0.6) is 0 Å². The number of ether oxygens (including phenoxy) is 1. The third-order valence-corrected chi connectivity index (χ3v) is 4.41. The molecule has 2 heterocycles. The first-order chi connectivity index (χ1) is 7.90. The summed E-state index contributed by atoms with van der Waals surface area (Å²) in [6, 6.07) is 1.80. The minimum Gasteiger partial charge on any atom is -0.456 e. The topological polar surface area (TPSA) is 46.5 Å². The lowest BCUT2D eigenvalue weighted by Crippen LogP contribution is -2.23. The van der Waals surface area contributed by atoms with E-state index in [1.54, 1.807) is 17.4 Å². The maximum Gasteiger partial charge on any atom is 0.348 e. The Bertz CT molecular complexity index is 546. The fraction of sp³-hybridized carbons (Fsp3) is 0.417. The molecule has 17 heavy (non-hydrogen) atoms. The van der Waals surface area contributed by atoms with Crippen LogP contribution >= 0.6 is 22.7 Å². The number of hydrogen-bond donors (Lipinski definition) is 1. The van der Waals surface area contributed by atoms with Crippen molar-refractivity contribution in [3.63, 3.8) is 0 Å². The number of esters is 1. The lowest BCUT2D eigenvalue weighted by atomic mass is 10.2. The molecule has 0 amide bonds. The zero-order valence-electron chi connectivity index (χ0n) is 9.94. The molecule has 2 rings (SSSR count). The van der Waals surface area contributed by atoms with Crippen LogP contribution in [0, 0.1) is 0 Å². The third kappa shape index (κ3) is 2.68. The molecule has 0 bridgehead atoms. The predicted octanol–water partition coefficient (Wildman–Crippen LogP) is 3.41. The highest BCUT2D eigenvalue weighted by atomic mass is 32.2. The van der Waals surface area contributed by atoms with E-state index in [0.29, 0.717) is 4.88 Å². The molecule has 3 nitrogen and oxygen atoms in total. The molecule has 0 aromatic carbocycles. The van der Waals surface area contributed by atoms with E-state index < -0.39 is 5.60 Å². The fourth-order valence-corrected chi connectivity index (χ4v) is 3.60. The van der Waals surface area contributed by atoms with Gasteiger partial charge in [-0.25, -0.2) is 4.79 Å². The fourth-order valence-electron chi connectivity index (χ4n) is 1.43. The lowest BCUT2D eigenvalue weighted by Gasteiger charge is -2.18. The Hall–Kier alpha value is -0.910. The lowest BCUT2D eigenvalue weighted by molar-refractivity contribution is 0.00753. The molecule has 0 aliphatic rings. The van der Waals surface area contributed by atoms with Crippen LogP contribution < -0.4 is 0 Å². The number of hydrogen-bond acceptors (Lipinski definition) is 5. The maximum absolute atomic E-state index is 11.9. The van der Waals surface area contributed by atoms with Gasteiger partial charge in [0.2, 0.25) is 0 Å². The van der Waals surface area contributed by atoms with Gasteiger partial charge in [-0.05, 0) is 37.8 Å². The summed E-state index contributed by atoms with van der Waals surface area (Å²) in [7, 11) is 0. The molecular formula is C12H14O3S2. The Kier molecular flexibility index (Phi) is 3.25. The number of carbonyl (C=O) groups is 1. The molecule has 0 radical (unpaired) electrons. The Labute approximate surface area is 108 Å². The van der Waals surface area contributed by atoms with Crippen molar-refractivity contribution >= 4 is 38.0 Å². The second kappa shape index (κ2) is 4.40. The van der Waals surface area contributed by atoms with Crippen LogP contribution in [0.4, 0.5) is 0 Å². The monoisotopic (exact) mass is 270 g/mol. The SMILES string of the molecule is CC(C)(C)OC(=O)c1cc2c(CO)csc2s1. The smallest absolute Gasteiger partial charge is 0.348 e. The highest BCUT2D eigenvalue weighted by Gasteiger charge is 2.20. The third-order valence-electron chi connectivity index (χ3n) is 2.12. The number of carbonyl (C=O) groups excluding carboxylic acids is 1. The van der Waals surface area contributed by atoms with E-state index in [9.17, 15) is 4.79 Å². The maximum atomic E-state index is 11.9. The zero-order chi connectivity index (χ0) is 12.6. The molecule has 0 aliphatic carbocycles. The Morgan fingerprint density at radius 1 is 1.47 bits per heavy atom. The van der Waals surface area contributed by atoms with Crippen molar-refractivity contribution < 1.29 is 14.6 Å². The molecule has 92 valence electrons. The van der Waals surface area contributed by atoms with E-state index in [-0.39, 0.29) is 12.6 Å². The first kappa shape index (κ1) is 12.5. The molecule has 1 N–H and O–H groups in total. The van der Waals surface area contributed by atoms with Crippen molar-refractivity contribution in [3.05, 3.63) is 21.9 Å². The number of aliphatic hydroxyl groups excluding tert-OH is 1. The first-order valence-corrected chi connectivity index (χ1v) is 6.94. The first-order valence-electron chi connectivity index (χ1n) is 5.25. The minimum absolute atomic E-state index is 0.00446. The summed E-state index contributed by atoms with van der Waals surface area (Å²) in [5.74, 6) is -0.296. The molecule has 0 atom stereocenters. The summed E-state index contributed by atoms with van der Waals surface area (Å²) in [6.07, 6.45) is 0. The second-order valence-corrected chi connectivity index (χ2v) is 6.92. The molecule has 5 heteroatoms. The molecule has 0 spiro atoms. The molecule has 0 fully saturated rings. The van der Waals surface area contributed by atoms with Gasteiger partial charge in [-0.2, -0.15) is 0 Å². The molecule has 2 aromatic rings. The van der Waals surface area contributed by atoms with Gasteiger partial charge in [0.1, 0.15) is 10.5 Å². The summed E-state index contributed by atoms with van der Waals surface area (Å²) in [5, 5.41) is 12.0. The normalized spacial score (nSPS) is 12.0. The number of rotatable bonds is 2. The highest BCUT2D eigenvalue weighted by Crippen LogP contribution is 2.34. The van der Waals surface area contributed by atoms with Gasteiger partial charge in [0, 0.05) is 5.39 Å². The van der Waals surface area contributed by atoms with E-state index in [0.717, 1.165) is 15.0 Å². The standard InChI is InChI=1S/C12H14O3S2/c1-12(2,3)15-10(14)9-4-8-7(5-13)6-16-11(8)17-9/h4,6,13H,5H2,1-3H3. The van der Waals surface area contributed by atoms with E-state index in [1.807, 2.05) is 26.2 Å². The molecule has 0 unspecified atom stereocenters. The summed E-state index contributed by atoms with van der Waals surface area (Å²) < 4.78 is 6.36. The molecule has 2 aromatic heterocycles. The van der Waals surface area contributed by atoms with Gasteiger partial charge in [-0.3, -0.25) is 0 Å². The molecule has 0 aliphatic heterocycles. The van der Waals surface area contributed by atoms with Crippen molar-refractivity contribution in [2.45, 2.75) is 33.0 Å². The van der Waals surface area contributed by atoms with Crippen molar-refractivity contribution in [2.24, 2.45) is 0 Å². The van der Waals surface area contributed by atoms with Crippen LogP contribution in [0.15, 0.2) is 11.4 Å². The molecular weight excluding hydrogens is 256 g/mol. The van der Waals surface area contributed by atoms with Crippen LogP contribution in [-0.4, -0.2) is 16.7 Å². The zero-order valence-corrected chi connectivity index (χ0v) is 11.6. The summed E-state index contributed by atoms with van der Waals surface area (Å²) in [5.41, 5.74) is 0.393. The van der Waals surface area contributed by atoms with Gasteiger partial charge in [0.25, 0.3) is 0 Å². The van der Waals surface area contributed by atoms with Crippen molar-refractivity contribution in [1.82, 2.24) is 0 Å². The van der Waals surface area contributed by atoms with Gasteiger partial charge in [-0.1, -0.05) is 0 Å². The van der Waals surface area contributed by atoms with Gasteiger partial charge < -0.3 is 9.84 Å². The van der Waals surface area contributed by atoms with E-state index >= 15 is 0 Å². The van der Waals surface area contributed by atoms with E-state index in [2.05, 4.69) is 0 Å². The predicted molar refractivity (Wildman–Crippen MR) is 70.8 cm³/mol. The van der Waals surface area contributed by atoms with Gasteiger partial charge in [0.05, 0.1) is 10.6 Å². The second-order valence-electron chi connectivity index (χ2n) is 4.73. The highest BCUT2D eigenvalue weighted by molar-refractivity contribution is 7.38. The van der Waals surface area contributed by atoms with Crippen molar-refractivity contribution in [2.75, 3.05) is 0 Å². The average Bonchev–Trinajstić information content (AvgIpc) is 2.72. The molecule has 0 saturated heterocycles. The van der Waals surface area contributed by atoms with E-state index in [4.69, 9.17) is 9.84 Å². The summed E-state index contributed by atoms with van der Waals surface area (Å²) >= 11 is 2.96. The van der Waals surface area contributed by atoms with E-state index in [1.165, 1.54) is 11.3 Å². The Morgan fingerprint density at radius 3 is 2.76 bits per heavy atom. The van der Waals surface area contributed by atoms with Gasteiger partial charge in [-0.15, -0.1) is 22.7 Å². The summed E-state index contributed by atoms with van der Waals surface area (Å²) in [4.78, 5) is 12.5.